The molecule has 5 heteroatoms. The SMILES string of the molecule is C=C[C@]1(CCI)CCC(/C=C/C(=O)OC(C)=O)O1. The van der Waals surface area contributed by atoms with Crippen molar-refractivity contribution < 1.29 is 19.1 Å². The molecule has 1 saturated heterocycles. The highest BCUT2D eigenvalue weighted by Gasteiger charge is 2.35. The summed E-state index contributed by atoms with van der Waals surface area (Å²) in [6.07, 6.45) is 7.26. The Bertz CT molecular complexity index is 364. The summed E-state index contributed by atoms with van der Waals surface area (Å²) < 4.78 is 11.3. The van der Waals surface area contributed by atoms with E-state index in [0.29, 0.717) is 0 Å². The Labute approximate surface area is 121 Å². The van der Waals surface area contributed by atoms with Crippen molar-refractivity contribution in [3.63, 3.8) is 0 Å². The van der Waals surface area contributed by atoms with E-state index >= 15 is 0 Å². The lowest BCUT2D eigenvalue weighted by Crippen LogP contribution is -2.26. The van der Waals surface area contributed by atoms with Gasteiger partial charge < -0.3 is 9.47 Å². The fraction of sp³-hybridized carbons (Fsp3) is 0.538. The van der Waals surface area contributed by atoms with Crippen molar-refractivity contribution in [1.82, 2.24) is 0 Å². The third kappa shape index (κ3) is 4.53. The minimum absolute atomic E-state index is 0.120. The maximum absolute atomic E-state index is 11.2. The third-order valence-corrected chi connectivity index (χ3v) is 3.36. The fourth-order valence-corrected chi connectivity index (χ4v) is 2.81. The van der Waals surface area contributed by atoms with Crippen LogP contribution in [0, 0.1) is 0 Å². The van der Waals surface area contributed by atoms with Crippen LogP contribution in [0.3, 0.4) is 0 Å². The van der Waals surface area contributed by atoms with Gasteiger partial charge in [0.05, 0.1) is 11.7 Å². The highest BCUT2D eigenvalue weighted by Crippen LogP contribution is 2.35. The Balaban J connectivity index is 2.51. The molecule has 0 amide bonds. The summed E-state index contributed by atoms with van der Waals surface area (Å²) >= 11 is 2.31. The molecule has 0 saturated carbocycles. The van der Waals surface area contributed by atoms with Gasteiger partial charge in [0.25, 0.3) is 0 Å². The highest BCUT2D eigenvalue weighted by atomic mass is 127. The molecule has 1 rings (SSSR count). The van der Waals surface area contributed by atoms with Crippen LogP contribution in [-0.4, -0.2) is 28.1 Å². The van der Waals surface area contributed by atoms with Crippen LogP contribution in [0.25, 0.3) is 0 Å². The number of halogens is 1. The van der Waals surface area contributed by atoms with Crippen LogP contribution in [0.2, 0.25) is 0 Å². The number of carbonyl (C=O) groups is 2. The van der Waals surface area contributed by atoms with E-state index in [-0.39, 0.29) is 11.7 Å². The van der Waals surface area contributed by atoms with E-state index in [1.54, 1.807) is 6.08 Å². The summed E-state index contributed by atoms with van der Waals surface area (Å²) in [4.78, 5) is 21.7. The molecule has 0 aliphatic carbocycles. The van der Waals surface area contributed by atoms with Crippen molar-refractivity contribution in [2.24, 2.45) is 0 Å². The molecule has 0 spiro atoms. The van der Waals surface area contributed by atoms with Gasteiger partial charge in [0, 0.05) is 17.4 Å². The Morgan fingerprint density at radius 2 is 2.33 bits per heavy atom. The zero-order valence-corrected chi connectivity index (χ0v) is 12.5. The minimum atomic E-state index is -0.656. The molecule has 0 aromatic carbocycles. The number of carbonyl (C=O) groups excluding carboxylic acids is 2. The average molecular weight is 364 g/mol. The minimum Gasteiger partial charge on any atom is -0.390 e. The first-order valence-corrected chi connectivity index (χ1v) is 7.32. The monoisotopic (exact) mass is 364 g/mol. The first kappa shape index (κ1) is 15.4. The highest BCUT2D eigenvalue weighted by molar-refractivity contribution is 14.1. The van der Waals surface area contributed by atoms with Gasteiger partial charge in [0.15, 0.2) is 0 Å². The second-order valence-electron chi connectivity index (χ2n) is 4.17. The first-order valence-electron chi connectivity index (χ1n) is 5.79. The van der Waals surface area contributed by atoms with Crippen molar-refractivity contribution >= 4 is 34.5 Å². The second kappa shape index (κ2) is 7.04. The summed E-state index contributed by atoms with van der Waals surface area (Å²) in [7, 11) is 0. The van der Waals surface area contributed by atoms with Gasteiger partial charge in [0.1, 0.15) is 0 Å². The number of alkyl halides is 1. The lowest BCUT2D eigenvalue weighted by atomic mass is 9.97. The smallest absolute Gasteiger partial charge is 0.338 e. The van der Waals surface area contributed by atoms with Crippen LogP contribution >= 0.6 is 22.6 Å². The van der Waals surface area contributed by atoms with E-state index in [4.69, 9.17) is 4.74 Å². The lowest BCUT2D eigenvalue weighted by molar-refractivity contribution is -0.154. The lowest BCUT2D eigenvalue weighted by Gasteiger charge is -2.24. The number of hydrogen-bond donors (Lipinski definition) is 0. The van der Waals surface area contributed by atoms with E-state index in [2.05, 4.69) is 33.9 Å². The molecule has 0 N–H and O–H groups in total. The zero-order valence-electron chi connectivity index (χ0n) is 10.4. The maximum atomic E-state index is 11.2. The fourth-order valence-electron chi connectivity index (χ4n) is 1.90. The second-order valence-corrected chi connectivity index (χ2v) is 5.25. The van der Waals surface area contributed by atoms with E-state index in [1.165, 1.54) is 13.0 Å². The number of esters is 2. The van der Waals surface area contributed by atoms with Gasteiger partial charge in [0.2, 0.25) is 0 Å². The molecule has 2 atom stereocenters. The molecule has 1 unspecified atom stereocenters. The van der Waals surface area contributed by atoms with E-state index in [0.717, 1.165) is 23.7 Å². The predicted octanol–water partition coefficient (Wildman–Crippen LogP) is 2.56. The molecule has 4 nitrogen and oxygen atoms in total. The average Bonchev–Trinajstić information content (AvgIpc) is 2.70. The van der Waals surface area contributed by atoms with E-state index < -0.39 is 11.9 Å². The van der Waals surface area contributed by atoms with E-state index in [1.807, 2.05) is 6.08 Å². The van der Waals surface area contributed by atoms with Gasteiger partial charge in [-0.2, -0.15) is 0 Å². The predicted molar refractivity (Wildman–Crippen MR) is 76.5 cm³/mol. The number of hydrogen-bond acceptors (Lipinski definition) is 4. The van der Waals surface area contributed by atoms with Crippen LogP contribution < -0.4 is 0 Å². The summed E-state index contributed by atoms with van der Waals surface area (Å²) in [5.74, 6) is -1.27. The summed E-state index contributed by atoms with van der Waals surface area (Å²) in [6, 6.07) is 0. The molecule has 0 aromatic heterocycles. The Morgan fingerprint density at radius 3 is 2.89 bits per heavy atom. The Morgan fingerprint density at radius 1 is 1.61 bits per heavy atom. The molecule has 0 bridgehead atoms. The largest absolute Gasteiger partial charge is 0.390 e. The Hall–Kier alpha value is -0.690. The van der Waals surface area contributed by atoms with Crippen LogP contribution in [0.15, 0.2) is 24.8 Å². The Kier molecular flexibility index (Phi) is 6.01. The van der Waals surface area contributed by atoms with Crippen molar-refractivity contribution in [1.29, 1.82) is 0 Å². The van der Waals surface area contributed by atoms with Gasteiger partial charge >= 0.3 is 11.9 Å². The molecule has 1 heterocycles. The molecular formula is C13H17IO4. The number of rotatable bonds is 5. The third-order valence-electron chi connectivity index (χ3n) is 2.82. The standard InChI is InChI=1S/C13H17IO4/c1-3-13(8-9-14)7-6-11(18-13)4-5-12(16)17-10(2)15/h3-5,11H,1,6-9H2,2H3/b5-4+/t11?,13-/m1/s1. The maximum Gasteiger partial charge on any atom is 0.338 e. The molecule has 18 heavy (non-hydrogen) atoms. The molecule has 0 aromatic rings. The van der Waals surface area contributed by atoms with Crippen LogP contribution in [0.1, 0.15) is 26.2 Å². The molecular weight excluding hydrogens is 347 g/mol. The molecule has 1 aliphatic heterocycles. The van der Waals surface area contributed by atoms with Crippen LogP contribution in [0.5, 0.6) is 0 Å². The summed E-state index contributed by atoms with van der Waals surface area (Å²) in [6.45, 7) is 5.01. The molecule has 1 aliphatic rings. The van der Waals surface area contributed by atoms with Gasteiger partial charge in [-0.3, -0.25) is 4.79 Å². The summed E-state index contributed by atoms with van der Waals surface area (Å²) in [5, 5.41) is 0. The molecule has 1 fully saturated rings. The number of ether oxygens (including phenoxy) is 2. The van der Waals surface area contributed by atoms with Crippen LogP contribution in [-0.2, 0) is 19.1 Å². The van der Waals surface area contributed by atoms with Gasteiger partial charge in [-0.25, -0.2) is 4.79 Å². The normalized spacial score (nSPS) is 27.3. The summed E-state index contributed by atoms with van der Waals surface area (Å²) in [5.41, 5.74) is -0.277. The molecule has 100 valence electrons. The van der Waals surface area contributed by atoms with Crippen molar-refractivity contribution in [3.05, 3.63) is 24.8 Å². The van der Waals surface area contributed by atoms with Crippen LogP contribution in [0.4, 0.5) is 0 Å². The van der Waals surface area contributed by atoms with Gasteiger partial charge in [-0.05, 0) is 25.3 Å². The first-order chi connectivity index (χ1) is 8.51. The zero-order chi connectivity index (χ0) is 13.6. The quantitative estimate of drug-likeness (QED) is 0.188. The van der Waals surface area contributed by atoms with Gasteiger partial charge in [-0.1, -0.05) is 28.7 Å². The van der Waals surface area contributed by atoms with Crippen molar-refractivity contribution in [3.8, 4) is 0 Å². The van der Waals surface area contributed by atoms with E-state index in [9.17, 15) is 9.59 Å². The van der Waals surface area contributed by atoms with Gasteiger partial charge in [-0.15, -0.1) is 6.58 Å². The van der Waals surface area contributed by atoms with Crippen molar-refractivity contribution in [2.75, 3.05) is 4.43 Å². The topological polar surface area (TPSA) is 52.6 Å². The molecule has 0 radical (unpaired) electrons. The van der Waals surface area contributed by atoms with Crippen molar-refractivity contribution in [2.45, 2.75) is 37.9 Å².